The van der Waals surface area contributed by atoms with Crippen LogP contribution in [0.3, 0.4) is 0 Å². The zero-order valence-corrected chi connectivity index (χ0v) is 13.7. The zero-order valence-electron chi connectivity index (χ0n) is 13.7. The minimum atomic E-state index is -1.13. The molecule has 0 unspecified atom stereocenters. The number of aliphatic hydroxyl groups excluding tert-OH is 1. The first-order valence-corrected chi connectivity index (χ1v) is 8.06. The lowest BCUT2D eigenvalue weighted by molar-refractivity contribution is 0.115. The standard InChI is InChI=1S/C19H24N2O3/c1-14(16-10-6-3-7-11-16)20-13-18(22)17(21-19(23)24)12-15-8-4-2-5-9-15/h2-11,14,17-18,20-22H,12-13H2,1H3,(H,23,24)/t14-,17-,18+/m0/s1. The summed E-state index contributed by atoms with van der Waals surface area (Å²) < 4.78 is 0. The molecule has 24 heavy (non-hydrogen) atoms. The average molecular weight is 328 g/mol. The normalized spacial score (nSPS) is 14.6. The minimum absolute atomic E-state index is 0.0723. The molecule has 0 saturated carbocycles. The fourth-order valence-corrected chi connectivity index (χ4v) is 2.61. The van der Waals surface area contributed by atoms with Gasteiger partial charge >= 0.3 is 6.09 Å². The number of hydrogen-bond donors (Lipinski definition) is 4. The molecule has 0 bridgehead atoms. The molecule has 0 radical (unpaired) electrons. The molecule has 5 nitrogen and oxygen atoms in total. The van der Waals surface area contributed by atoms with Crippen LogP contribution in [0.2, 0.25) is 0 Å². The fourth-order valence-electron chi connectivity index (χ4n) is 2.61. The van der Waals surface area contributed by atoms with Gasteiger partial charge in [0.2, 0.25) is 0 Å². The molecule has 3 atom stereocenters. The number of benzene rings is 2. The smallest absolute Gasteiger partial charge is 0.404 e. The van der Waals surface area contributed by atoms with Crippen molar-refractivity contribution in [2.45, 2.75) is 31.5 Å². The molecule has 2 aromatic rings. The van der Waals surface area contributed by atoms with Crippen molar-refractivity contribution in [1.29, 1.82) is 0 Å². The van der Waals surface area contributed by atoms with E-state index in [-0.39, 0.29) is 6.04 Å². The Hall–Kier alpha value is -2.37. The van der Waals surface area contributed by atoms with E-state index in [9.17, 15) is 9.90 Å². The van der Waals surface area contributed by atoms with Crippen LogP contribution in [0.5, 0.6) is 0 Å². The number of aliphatic hydroxyl groups is 1. The Balaban J connectivity index is 1.94. The highest BCUT2D eigenvalue weighted by Crippen LogP contribution is 2.12. The summed E-state index contributed by atoms with van der Waals surface area (Å²) >= 11 is 0. The Bertz CT molecular complexity index is 619. The quantitative estimate of drug-likeness (QED) is 0.600. The molecule has 0 spiro atoms. The summed E-state index contributed by atoms with van der Waals surface area (Å²) in [4.78, 5) is 11.0. The van der Waals surface area contributed by atoms with E-state index >= 15 is 0 Å². The Labute approximate surface area is 142 Å². The van der Waals surface area contributed by atoms with Gasteiger partial charge in [0.1, 0.15) is 0 Å². The van der Waals surface area contributed by atoms with Gasteiger partial charge in [0.15, 0.2) is 0 Å². The Morgan fingerprint density at radius 3 is 2.21 bits per heavy atom. The molecule has 0 aromatic heterocycles. The van der Waals surface area contributed by atoms with Crippen molar-refractivity contribution < 1.29 is 15.0 Å². The second-order valence-electron chi connectivity index (χ2n) is 5.85. The number of carboxylic acid groups (broad SMARTS) is 1. The van der Waals surface area contributed by atoms with Crippen LogP contribution >= 0.6 is 0 Å². The van der Waals surface area contributed by atoms with Crippen molar-refractivity contribution >= 4 is 6.09 Å². The summed E-state index contributed by atoms with van der Waals surface area (Å²) in [6.45, 7) is 2.31. The van der Waals surface area contributed by atoms with Crippen LogP contribution in [0.25, 0.3) is 0 Å². The summed E-state index contributed by atoms with van der Waals surface area (Å²) in [5, 5.41) is 25.1. The van der Waals surface area contributed by atoms with E-state index in [4.69, 9.17) is 5.11 Å². The third-order valence-electron chi connectivity index (χ3n) is 4.00. The molecular formula is C19H24N2O3. The lowest BCUT2D eigenvalue weighted by Crippen LogP contribution is -2.48. The lowest BCUT2D eigenvalue weighted by Gasteiger charge is -2.25. The third-order valence-corrected chi connectivity index (χ3v) is 4.00. The van der Waals surface area contributed by atoms with Gasteiger partial charge in [-0.15, -0.1) is 0 Å². The van der Waals surface area contributed by atoms with Gasteiger partial charge < -0.3 is 20.8 Å². The van der Waals surface area contributed by atoms with E-state index in [0.29, 0.717) is 13.0 Å². The molecule has 128 valence electrons. The maximum atomic E-state index is 11.0. The fraction of sp³-hybridized carbons (Fsp3) is 0.316. The topological polar surface area (TPSA) is 81.6 Å². The molecular weight excluding hydrogens is 304 g/mol. The highest BCUT2D eigenvalue weighted by Gasteiger charge is 2.22. The molecule has 0 aliphatic heterocycles. The average Bonchev–Trinajstić information content (AvgIpc) is 2.60. The number of carbonyl (C=O) groups is 1. The second kappa shape index (κ2) is 9.05. The lowest BCUT2D eigenvalue weighted by atomic mass is 10.0. The van der Waals surface area contributed by atoms with Gasteiger partial charge in [0, 0.05) is 12.6 Å². The van der Waals surface area contributed by atoms with Crippen molar-refractivity contribution in [1.82, 2.24) is 10.6 Å². The van der Waals surface area contributed by atoms with Crippen molar-refractivity contribution in [2.24, 2.45) is 0 Å². The van der Waals surface area contributed by atoms with Gasteiger partial charge in [-0.3, -0.25) is 0 Å². The number of amides is 1. The molecule has 0 aliphatic carbocycles. The van der Waals surface area contributed by atoms with Crippen LogP contribution in [0.15, 0.2) is 60.7 Å². The van der Waals surface area contributed by atoms with E-state index in [2.05, 4.69) is 10.6 Å². The second-order valence-corrected chi connectivity index (χ2v) is 5.85. The molecule has 0 aliphatic rings. The molecule has 0 heterocycles. The van der Waals surface area contributed by atoms with Crippen molar-refractivity contribution in [2.75, 3.05) is 6.54 Å². The van der Waals surface area contributed by atoms with Crippen LogP contribution < -0.4 is 10.6 Å². The number of hydrogen-bond acceptors (Lipinski definition) is 3. The monoisotopic (exact) mass is 328 g/mol. The molecule has 0 fully saturated rings. The van der Waals surface area contributed by atoms with Gasteiger partial charge in [-0.2, -0.15) is 0 Å². The largest absolute Gasteiger partial charge is 0.465 e. The Morgan fingerprint density at radius 2 is 1.62 bits per heavy atom. The van der Waals surface area contributed by atoms with Crippen molar-refractivity contribution in [3.63, 3.8) is 0 Å². The summed E-state index contributed by atoms with van der Waals surface area (Å²) in [5.74, 6) is 0. The van der Waals surface area contributed by atoms with E-state index in [1.807, 2.05) is 67.6 Å². The highest BCUT2D eigenvalue weighted by molar-refractivity contribution is 5.65. The first kappa shape index (κ1) is 18.0. The van der Waals surface area contributed by atoms with Gasteiger partial charge in [0.25, 0.3) is 0 Å². The van der Waals surface area contributed by atoms with E-state index in [0.717, 1.165) is 11.1 Å². The van der Waals surface area contributed by atoms with Crippen LogP contribution in [-0.4, -0.2) is 35.0 Å². The zero-order chi connectivity index (χ0) is 17.4. The van der Waals surface area contributed by atoms with Crippen molar-refractivity contribution in [3.05, 3.63) is 71.8 Å². The minimum Gasteiger partial charge on any atom is -0.465 e. The van der Waals surface area contributed by atoms with E-state index < -0.39 is 18.2 Å². The third kappa shape index (κ3) is 5.68. The van der Waals surface area contributed by atoms with Crippen LogP contribution in [-0.2, 0) is 6.42 Å². The summed E-state index contributed by atoms with van der Waals surface area (Å²) in [5.41, 5.74) is 2.10. The van der Waals surface area contributed by atoms with Crippen LogP contribution in [0.1, 0.15) is 24.1 Å². The van der Waals surface area contributed by atoms with Gasteiger partial charge in [-0.1, -0.05) is 60.7 Å². The van der Waals surface area contributed by atoms with Crippen LogP contribution in [0, 0.1) is 0 Å². The predicted octanol–water partition coefficient (Wildman–Crippen LogP) is 2.58. The maximum Gasteiger partial charge on any atom is 0.404 e. The Kier molecular flexibility index (Phi) is 6.78. The molecule has 2 rings (SSSR count). The molecule has 5 heteroatoms. The number of nitrogens with one attached hydrogen (secondary N) is 2. The van der Waals surface area contributed by atoms with E-state index in [1.54, 1.807) is 0 Å². The number of rotatable bonds is 8. The first-order chi connectivity index (χ1) is 11.6. The van der Waals surface area contributed by atoms with Gasteiger partial charge in [0.05, 0.1) is 12.1 Å². The first-order valence-electron chi connectivity index (χ1n) is 8.06. The molecule has 4 N–H and O–H groups in total. The van der Waals surface area contributed by atoms with Gasteiger partial charge in [-0.25, -0.2) is 4.79 Å². The molecule has 2 aromatic carbocycles. The Morgan fingerprint density at radius 1 is 1.04 bits per heavy atom. The van der Waals surface area contributed by atoms with E-state index in [1.165, 1.54) is 0 Å². The molecule has 1 amide bonds. The van der Waals surface area contributed by atoms with Gasteiger partial charge in [-0.05, 0) is 24.5 Å². The summed E-state index contributed by atoms with van der Waals surface area (Å²) in [6.07, 6.45) is -1.52. The van der Waals surface area contributed by atoms with Crippen molar-refractivity contribution in [3.8, 4) is 0 Å². The highest BCUT2D eigenvalue weighted by atomic mass is 16.4. The SMILES string of the molecule is C[C@H](NC[C@@H](O)[C@H](Cc1ccccc1)NC(=O)O)c1ccccc1. The summed E-state index contributed by atoms with van der Waals surface area (Å²) in [6, 6.07) is 19.0. The maximum absolute atomic E-state index is 11.0. The predicted molar refractivity (Wildman–Crippen MR) is 94.0 cm³/mol. The molecule has 0 saturated heterocycles. The summed E-state index contributed by atoms with van der Waals surface area (Å²) in [7, 11) is 0. The van der Waals surface area contributed by atoms with Crippen LogP contribution in [0.4, 0.5) is 4.79 Å².